The average molecular weight is 1400 g/mol. The monoisotopic (exact) mass is 1400 g/mol. The van der Waals surface area contributed by atoms with Gasteiger partial charge in [-0.25, -0.2) is 31.9 Å². The van der Waals surface area contributed by atoms with Crippen LogP contribution in [0.25, 0.3) is 0 Å². The number of carbonyl (C=O) groups is 3. The molecular formula is C59H67Cl6F4KN4O11S2. The number of aliphatic carboxylic acids is 1. The van der Waals surface area contributed by atoms with E-state index in [1.54, 1.807) is 48.5 Å². The minimum atomic E-state index is -4.04. The van der Waals surface area contributed by atoms with Crippen molar-refractivity contribution < 1.29 is 120 Å². The maximum atomic E-state index is 14.2. The Morgan fingerprint density at radius 2 is 0.920 bits per heavy atom. The summed E-state index contributed by atoms with van der Waals surface area (Å²) >= 11 is 23.0. The van der Waals surface area contributed by atoms with Crippen molar-refractivity contribution in [3.8, 4) is 0 Å². The minimum Gasteiger partial charge on any atom is -0.550 e. The maximum absolute atomic E-state index is 14.2. The van der Waals surface area contributed by atoms with Crippen molar-refractivity contribution in [2.24, 2.45) is 16.2 Å². The van der Waals surface area contributed by atoms with Gasteiger partial charge in [0.15, 0.2) is 5.78 Å². The number of nitrogens with two attached hydrogens (primary N) is 1. The molecule has 1 heterocycles. The molecule has 472 valence electrons. The maximum Gasteiger partial charge on any atom is 1.00 e. The molecule has 0 aromatic heterocycles. The zero-order valence-corrected chi connectivity index (χ0v) is 54.7. The van der Waals surface area contributed by atoms with E-state index in [9.17, 15) is 44.0 Å². The third kappa shape index (κ3) is 26.6. The fourth-order valence-electron chi connectivity index (χ4n) is 8.48. The molecule has 0 spiro atoms. The van der Waals surface area contributed by atoms with Crippen LogP contribution in [-0.4, -0.2) is 56.3 Å². The van der Waals surface area contributed by atoms with Gasteiger partial charge in [0.05, 0.1) is 27.6 Å². The molecule has 0 fully saturated rings. The molecule has 0 saturated carbocycles. The molecule has 0 radical (unpaired) electrons. The molecule has 1 aliphatic heterocycles. The molecule has 3 aliphatic carbocycles. The smallest absolute Gasteiger partial charge is 0.550 e. The molecule has 0 atom stereocenters. The van der Waals surface area contributed by atoms with Gasteiger partial charge >= 0.3 is 61.5 Å². The second kappa shape index (κ2) is 40.5. The van der Waals surface area contributed by atoms with Crippen LogP contribution in [0.15, 0.2) is 117 Å². The summed E-state index contributed by atoms with van der Waals surface area (Å²) in [4.78, 5) is 31.5. The van der Waals surface area contributed by atoms with E-state index in [1.807, 2.05) is 13.8 Å². The van der Waals surface area contributed by atoms with Gasteiger partial charge in [-0.2, -0.15) is 8.42 Å². The van der Waals surface area contributed by atoms with Crippen molar-refractivity contribution in [1.82, 2.24) is 0 Å². The third-order valence-electron chi connectivity index (χ3n) is 12.1. The van der Waals surface area contributed by atoms with Gasteiger partial charge in [-0.15, -0.1) is 12.4 Å². The molecule has 6 aromatic rings. The first kappa shape index (κ1) is 84.8. The van der Waals surface area contributed by atoms with Gasteiger partial charge in [0, 0.05) is 60.7 Å². The van der Waals surface area contributed by atoms with Crippen molar-refractivity contribution >= 4 is 123 Å². The SMILES string of the molecule is C.C.C.CC(=O)[O-].Cc1ccc(S(=O)(=O)Cl)cc1.Cc1ccc(S(=O)(=O)ON=C2CCCc3cc(Cl)cc(F)c32)cc1.Cl.NO.O=C1CCCc2cc(Cl)cc(F)c21.O=C1CCCc2cc(Cl)cc(F)c2N1.ON=C1CCCc2cc(Cl)cc(F)c21.[K+]. The number of nitrogens with zero attached hydrogens (tertiary/aromatic N) is 2. The number of hydrogen-bond donors (Lipinski definition) is 4. The molecule has 1 amide bonds. The molecule has 0 saturated heterocycles. The summed E-state index contributed by atoms with van der Waals surface area (Å²) in [6.45, 7) is 4.70. The van der Waals surface area contributed by atoms with Gasteiger partial charge in [-0.1, -0.05) is 114 Å². The van der Waals surface area contributed by atoms with Crippen LogP contribution in [0, 0.1) is 37.1 Å². The van der Waals surface area contributed by atoms with Gasteiger partial charge in [0.2, 0.25) is 5.91 Å². The molecule has 15 nitrogen and oxygen atoms in total. The number of fused-ring (bicyclic) bond motifs is 4. The molecule has 0 bridgehead atoms. The number of carboxylic acid groups (broad SMARTS) is 1. The number of benzene rings is 6. The van der Waals surface area contributed by atoms with Crippen LogP contribution in [0.1, 0.15) is 135 Å². The summed E-state index contributed by atoms with van der Waals surface area (Å²) in [7, 11) is -2.50. The first-order valence-electron chi connectivity index (χ1n) is 24.7. The quantitative estimate of drug-likeness (QED) is 0.0423. The number of amides is 1. The molecule has 6 aromatic carbocycles. The van der Waals surface area contributed by atoms with Crippen LogP contribution in [0.4, 0.5) is 23.2 Å². The second-order valence-corrected chi connectivity index (χ2v) is 24.1. The summed E-state index contributed by atoms with van der Waals surface area (Å²) < 4.78 is 105. The standard InChI is InChI=1S/C17H15ClFNO3S.2C10H9ClFNO.C10H8ClFO.C7H7ClO2S.C2H4O2.3CH4.ClH.K.H3NO/c1-11-5-7-14(8-6-11)24(21,22)23-20-16-4-2-3-12-9-13(18)10-15(19)17(12)16;11-7-4-6-2-1-3-9(14)13-10(6)8(12)5-7;11-7-4-6-2-1-3-9(13-14)10(6)8(12)5-7;11-7-4-6-2-1-3-9(13)10(6)8(12)5-7;1-6-2-4-7(5-3-6)11(8,9)10;1-2(3)4;;;;;;1-2/h5-10H,2-4H2,1H3;4-5H,1-3H2,(H,13,14);4-5,14H,1-3H2;4-5H,1-3H2;2-5H,1H3;1H3,(H,3,4);3*1H4;1H;;2H,1H2/q;;;;;;;;;;+1;/p-1. The Bertz CT molecular complexity index is 3570. The Balaban J connectivity index is 0. The predicted octanol–water partition coefficient (Wildman–Crippen LogP) is 12.3. The van der Waals surface area contributed by atoms with E-state index in [-0.39, 0.29) is 130 Å². The normalized spacial score (nSPS) is 14.0. The fourth-order valence-corrected chi connectivity index (χ4v) is 10.9. The van der Waals surface area contributed by atoms with Crippen LogP contribution in [-0.2, 0) is 58.7 Å². The summed E-state index contributed by atoms with van der Waals surface area (Å²) in [5.41, 5.74) is 6.94. The van der Waals surface area contributed by atoms with Gasteiger partial charge in [-0.3, -0.25) is 13.9 Å². The Labute approximate surface area is 579 Å². The van der Waals surface area contributed by atoms with Crippen molar-refractivity contribution in [1.29, 1.82) is 0 Å². The Kier molecular flexibility index (Phi) is 39.5. The van der Waals surface area contributed by atoms with Gasteiger partial charge in [0.1, 0.15) is 28.2 Å². The number of Topliss-reactive ketones (excluding diaryl/α,β-unsaturated/α-hetero) is 1. The van der Waals surface area contributed by atoms with Crippen molar-refractivity contribution in [2.45, 2.75) is 130 Å². The number of carboxylic acids is 1. The number of aryl methyl sites for hydroxylation is 6. The van der Waals surface area contributed by atoms with Crippen molar-refractivity contribution in [3.63, 3.8) is 0 Å². The topological polar surface area (TPSA) is 255 Å². The number of hydrogen-bond acceptors (Lipinski definition) is 14. The molecule has 10 rings (SSSR count). The number of oxime groups is 2. The average Bonchev–Trinajstić information content (AvgIpc) is 3.34. The first-order valence-corrected chi connectivity index (χ1v) is 29.9. The van der Waals surface area contributed by atoms with E-state index in [2.05, 4.69) is 21.5 Å². The van der Waals surface area contributed by atoms with E-state index in [1.165, 1.54) is 48.5 Å². The molecule has 5 N–H and O–H groups in total. The number of carbonyl (C=O) groups excluding carboxylic acids is 3. The zero-order valence-electron chi connectivity index (χ0n) is 45.4. The van der Waals surface area contributed by atoms with E-state index in [0.29, 0.717) is 75.5 Å². The first-order chi connectivity index (χ1) is 38.7. The summed E-state index contributed by atoms with van der Waals surface area (Å²) in [6, 6.07) is 24.2. The molecule has 87 heavy (non-hydrogen) atoms. The fraction of sp³-hybridized carbons (Fsp3) is 0.305. The molecule has 4 aliphatic rings. The second-order valence-electron chi connectivity index (χ2n) is 18.2. The number of anilines is 1. The largest absolute Gasteiger partial charge is 1.00 e. The predicted molar refractivity (Wildman–Crippen MR) is 333 cm³/mol. The Morgan fingerprint density at radius 3 is 1.36 bits per heavy atom. The Morgan fingerprint density at radius 1 is 0.575 bits per heavy atom. The molecular weight excluding hydrogens is 1330 g/mol. The molecule has 0 unspecified atom stereocenters. The summed E-state index contributed by atoms with van der Waals surface area (Å²) in [6.07, 6.45) is 7.94. The van der Waals surface area contributed by atoms with Crippen LogP contribution in [0.2, 0.25) is 20.1 Å². The van der Waals surface area contributed by atoms with E-state index in [0.717, 1.165) is 73.3 Å². The number of rotatable bonds is 4. The minimum absolute atomic E-state index is 0. The van der Waals surface area contributed by atoms with Gasteiger partial charge in [0.25, 0.3) is 9.05 Å². The van der Waals surface area contributed by atoms with Crippen LogP contribution < -0.4 is 67.7 Å². The summed E-state index contributed by atoms with van der Waals surface area (Å²) in [5, 5.41) is 34.9. The number of nitrogens with one attached hydrogen (secondary N) is 1. The van der Waals surface area contributed by atoms with E-state index >= 15 is 0 Å². The van der Waals surface area contributed by atoms with Crippen LogP contribution in [0.3, 0.4) is 0 Å². The van der Waals surface area contributed by atoms with Crippen molar-refractivity contribution in [3.05, 3.63) is 190 Å². The van der Waals surface area contributed by atoms with Crippen LogP contribution in [0.5, 0.6) is 0 Å². The van der Waals surface area contributed by atoms with Gasteiger partial charge < -0.3 is 25.6 Å². The Hall–Kier alpha value is -4.21. The number of ketones is 1. The summed E-state index contributed by atoms with van der Waals surface area (Å²) in [5.74, 6) is 0.322. The van der Waals surface area contributed by atoms with Crippen molar-refractivity contribution in [2.75, 3.05) is 5.32 Å². The third-order valence-corrected chi connectivity index (χ3v) is 15.4. The van der Waals surface area contributed by atoms with E-state index < -0.39 is 48.4 Å². The zero-order chi connectivity index (χ0) is 61.1. The van der Waals surface area contributed by atoms with Crippen LogP contribution >= 0.6 is 69.5 Å². The van der Waals surface area contributed by atoms with Gasteiger partial charge in [-0.05, 0) is 180 Å². The number of halogens is 10. The molecule has 28 heteroatoms. The van der Waals surface area contributed by atoms with E-state index in [4.69, 9.17) is 81.7 Å².